The van der Waals surface area contributed by atoms with E-state index < -0.39 is 11.7 Å². The molecule has 182 valence electrons. The summed E-state index contributed by atoms with van der Waals surface area (Å²) in [4.78, 5) is 20.1. The fourth-order valence-electron chi connectivity index (χ4n) is 3.57. The van der Waals surface area contributed by atoms with E-state index in [2.05, 4.69) is 30.8 Å². The van der Waals surface area contributed by atoms with Crippen LogP contribution in [0.3, 0.4) is 0 Å². The second-order valence-corrected chi connectivity index (χ2v) is 9.08. The molecule has 1 aliphatic rings. The van der Waals surface area contributed by atoms with Crippen molar-refractivity contribution in [3.63, 3.8) is 0 Å². The number of nitriles is 1. The molecule has 2 heterocycles. The number of aromatic nitrogens is 4. The number of hydrogen-bond acceptors (Lipinski definition) is 9. The predicted molar refractivity (Wildman–Crippen MR) is 127 cm³/mol. The fraction of sp³-hybridized carbons (Fsp3) is 0.375. The van der Waals surface area contributed by atoms with Crippen molar-refractivity contribution in [2.45, 2.75) is 51.4 Å². The number of aromatic amines is 1. The number of H-pyrrole nitrogens is 1. The topological polar surface area (TPSA) is 147 Å². The van der Waals surface area contributed by atoms with Crippen molar-refractivity contribution in [1.82, 2.24) is 25.5 Å². The van der Waals surface area contributed by atoms with Crippen LogP contribution in [-0.2, 0) is 4.74 Å². The molecule has 2 aromatic heterocycles. The molecule has 0 atom stereocenters. The van der Waals surface area contributed by atoms with Crippen LogP contribution in [0, 0.1) is 11.3 Å². The Labute approximate surface area is 202 Å². The molecule has 11 nitrogen and oxygen atoms in total. The van der Waals surface area contributed by atoms with E-state index in [-0.39, 0.29) is 17.8 Å². The zero-order valence-electron chi connectivity index (χ0n) is 20.0. The van der Waals surface area contributed by atoms with Crippen LogP contribution < -0.4 is 20.1 Å². The maximum Gasteiger partial charge on any atom is 0.407 e. The normalized spacial score (nSPS) is 17.0. The van der Waals surface area contributed by atoms with Crippen molar-refractivity contribution in [1.29, 1.82) is 5.26 Å². The number of hydrogen-bond donors (Lipinski definition) is 3. The zero-order chi connectivity index (χ0) is 25.0. The van der Waals surface area contributed by atoms with Gasteiger partial charge in [-0.15, -0.1) is 0 Å². The van der Waals surface area contributed by atoms with E-state index in [4.69, 9.17) is 19.5 Å². The van der Waals surface area contributed by atoms with Crippen molar-refractivity contribution in [3.8, 4) is 28.8 Å². The van der Waals surface area contributed by atoms with Crippen LogP contribution >= 0.6 is 0 Å². The quantitative estimate of drug-likeness (QED) is 0.460. The van der Waals surface area contributed by atoms with Gasteiger partial charge in [0.15, 0.2) is 11.5 Å². The summed E-state index contributed by atoms with van der Waals surface area (Å²) < 4.78 is 17.1. The average molecular weight is 478 g/mol. The van der Waals surface area contributed by atoms with Gasteiger partial charge >= 0.3 is 6.09 Å². The molecule has 0 bridgehead atoms. The second kappa shape index (κ2) is 9.89. The van der Waals surface area contributed by atoms with E-state index >= 15 is 0 Å². The third kappa shape index (κ3) is 5.97. The molecule has 1 amide bonds. The van der Waals surface area contributed by atoms with Crippen LogP contribution in [0.4, 0.5) is 16.4 Å². The Morgan fingerprint density at radius 2 is 1.94 bits per heavy atom. The molecule has 1 aliphatic carbocycles. The average Bonchev–Trinajstić information content (AvgIpc) is 3.24. The van der Waals surface area contributed by atoms with Gasteiger partial charge in [0, 0.05) is 24.9 Å². The third-order valence-electron chi connectivity index (χ3n) is 5.19. The van der Waals surface area contributed by atoms with Gasteiger partial charge in [-0.3, -0.25) is 5.10 Å². The second-order valence-electron chi connectivity index (χ2n) is 9.08. The molecule has 1 aromatic carbocycles. The van der Waals surface area contributed by atoms with Crippen molar-refractivity contribution < 1.29 is 19.0 Å². The standard InChI is InChI=1S/C24H27N7O4/c1-24(2,3)35-23(32)28-14-8-16(9-14)34-19-7-5-6-18(33-4)22(19)17-10-20(31-30-17)29-21-13-26-15(11-25)12-27-21/h5-7,10,12-14,16H,8-9H2,1-4H3,(H,28,32)(H2,27,29,30,31). The van der Waals surface area contributed by atoms with Gasteiger partial charge in [-0.05, 0) is 32.9 Å². The van der Waals surface area contributed by atoms with Crippen LogP contribution in [0.15, 0.2) is 36.7 Å². The van der Waals surface area contributed by atoms with Crippen LogP contribution in [0.2, 0.25) is 0 Å². The smallest absolute Gasteiger partial charge is 0.407 e. The van der Waals surface area contributed by atoms with Crippen molar-refractivity contribution >= 4 is 17.7 Å². The summed E-state index contributed by atoms with van der Waals surface area (Å²) >= 11 is 0. The van der Waals surface area contributed by atoms with E-state index in [1.807, 2.05) is 45.0 Å². The Kier molecular flexibility index (Phi) is 6.73. The fourth-order valence-corrected chi connectivity index (χ4v) is 3.57. The Morgan fingerprint density at radius 1 is 1.17 bits per heavy atom. The highest BCUT2D eigenvalue weighted by molar-refractivity contribution is 5.76. The molecule has 0 aliphatic heterocycles. The first-order chi connectivity index (χ1) is 16.7. The number of ether oxygens (including phenoxy) is 3. The summed E-state index contributed by atoms with van der Waals surface area (Å²) in [6, 6.07) is 9.30. The van der Waals surface area contributed by atoms with E-state index in [1.165, 1.54) is 12.4 Å². The maximum absolute atomic E-state index is 12.0. The number of alkyl carbamates (subject to hydrolysis) is 1. The van der Waals surface area contributed by atoms with Gasteiger partial charge in [0.05, 0.1) is 30.8 Å². The van der Waals surface area contributed by atoms with E-state index in [0.29, 0.717) is 41.7 Å². The number of methoxy groups -OCH3 is 1. The predicted octanol–water partition coefficient (Wildman–Crippen LogP) is 3.93. The monoisotopic (exact) mass is 477 g/mol. The summed E-state index contributed by atoms with van der Waals surface area (Å²) in [6.45, 7) is 5.49. The number of nitrogens with zero attached hydrogens (tertiary/aromatic N) is 4. The van der Waals surface area contributed by atoms with Gasteiger partial charge in [-0.1, -0.05) is 6.07 Å². The summed E-state index contributed by atoms with van der Waals surface area (Å²) in [7, 11) is 1.59. The van der Waals surface area contributed by atoms with E-state index in [9.17, 15) is 4.79 Å². The van der Waals surface area contributed by atoms with Gasteiger partial charge in [0.25, 0.3) is 0 Å². The van der Waals surface area contributed by atoms with Crippen LogP contribution in [-0.4, -0.2) is 51.1 Å². The molecule has 0 radical (unpaired) electrons. The summed E-state index contributed by atoms with van der Waals surface area (Å²) in [5.74, 6) is 2.23. The van der Waals surface area contributed by atoms with Crippen LogP contribution in [0.25, 0.3) is 11.3 Å². The van der Waals surface area contributed by atoms with Crippen LogP contribution in [0.1, 0.15) is 39.3 Å². The molecular weight excluding hydrogens is 450 g/mol. The van der Waals surface area contributed by atoms with Gasteiger partial charge in [0.2, 0.25) is 0 Å². The van der Waals surface area contributed by atoms with Crippen molar-refractivity contribution in [2.75, 3.05) is 12.4 Å². The number of anilines is 2. The minimum Gasteiger partial charge on any atom is -0.496 e. The molecule has 0 saturated heterocycles. The Morgan fingerprint density at radius 3 is 2.60 bits per heavy atom. The molecule has 3 N–H and O–H groups in total. The number of rotatable bonds is 7. The lowest BCUT2D eigenvalue weighted by atomic mass is 9.89. The Hall–Kier alpha value is -4.33. The summed E-state index contributed by atoms with van der Waals surface area (Å²) in [6.07, 6.45) is 3.70. The Bertz CT molecular complexity index is 1220. The Balaban J connectivity index is 1.43. The van der Waals surface area contributed by atoms with Crippen LogP contribution in [0.5, 0.6) is 11.5 Å². The summed E-state index contributed by atoms with van der Waals surface area (Å²) in [5, 5.41) is 22.1. The minimum absolute atomic E-state index is 0.000367. The lowest BCUT2D eigenvalue weighted by Gasteiger charge is -2.36. The van der Waals surface area contributed by atoms with Gasteiger partial charge in [-0.2, -0.15) is 10.4 Å². The number of nitrogens with one attached hydrogen (secondary N) is 3. The first kappa shape index (κ1) is 23.8. The molecule has 0 unspecified atom stereocenters. The molecular formula is C24H27N7O4. The third-order valence-corrected chi connectivity index (χ3v) is 5.19. The number of carbonyl (C=O) groups is 1. The molecule has 1 saturated carbocycles. The lowest BCUT2D eigenvalue weighted by molar-refractivity contribution is 0.0363. The van der Waals surface area contributed by atoms with Crippen molar-refractivity contribution in [2.24, 2.45) is 0 Å². The highest BCUT2D eigenvalue weighted by Gasteiger charge is 2.34. The number of amides is 1. The first-order valence-electron chi connectivity index (χ1n) is 11.1. The number of benzene rings is 1. The molecule has 11 heteroatoms. The zero-order valence-corrected chi connectivity index (χ0v) is 20.0. The molecule has 35 heavy (non-hydrogen) atoms. The first-order valence-corrected chi connectivity index (χ1v) is 11.1. The molecule has 0 spiro atoms. The molecule has 3 aromatic rings. The highest BCUT2D eigenvalue weighted by atomic mass is 16.6. The molecule has 4 rings (SSSR count). The highest BCUT2D eigenvalue weighted by Crippen LogP contribution is 2.40. The summed E-state index contributed by atoms with van der Waals surface area (Å²) in [5.41, 5.74) is 1.10. The van der Waals surface area contributed by atoms with Gasteiger partial charge in [0.1, 0.15) is 35.1 Å². The van der Waals surface area contributed by atoms with Gasteiger partial charge in [-0.25, -0.2) is 14.8 Å². The maximum atomic E-state index is 12.0. The van der Waals surface area contributed by atoms with Gasteiger partial charge < -0.3 is 24.8 Å². The van der Waals surface area contributed by atoms with Crippen molar-refractivity contribution in [3.05, 3.63) is 42.4 Å². The molecule has 1 fully saturated rings. The SMILES string of the molecule is COc1cccc(OC2CC(NC(=O)OC(C)(C)C)C2)c1-c1cc(Nc2cnc(C#N)cn2)n[nH]1. The minimum atomic E-state index is -0.538. The van der Waals surface area contributed by atoms with E-state index in [0.717, 1.165) is 5.56 Å². The van der Waals surface area contributed by atoms with E-state index in [1.54, 1.807) is 13.2 Å². The largest absolute Gasteiger partial charge is 0.496 e. The lowest BCUT2D eigenvalue weighted by Crippen LogP contribution is -2.50. The number of carbonyl (C=O) groups excluding carboxylic acids is 1.